The van der Waals surface area contributed by atoms with Gasteiger partial charge in [0.1, 0.15) is 6.54 Å². The van der Waals surface area contributed by atoms with E-state index < -0.39 is 61.0 Å². The van der Waals surface area contributed by atoms with E-state index in [1.807, 2.05) is 0 Å². The van der Waals surface area contributed by atoms with Crippen molar-refractivity contribution < 1.29 is 33.8 Å². The van der Waals surface area contributed by atoms with E-state index in [0.717, 1.165) is 22.4 Å². The van der Waals surface area contributed by atoms with Gasteiger partial charge in [-0.3, -0.25) is 28.4 Å². The maximum absolute atomic E-state index is 13.1. The zero-order chi connectivity index (χ0) is 27.8. The number of carbonyl (C=O) groups excluding carboxylic acids is 4. The van der Waals surface area contributed by atoms with Gasteiger partial charge in [-0.25, -0.2) is 4.79 Å². The van der Waals surface area contributed by atoms with E-state index in [1.54, 1.807) is 36.4 Å². The third-order valence-corrected chi connectivity index (χ3v) is 6.69. The van der Waals surface area contributed by atoms with Gasteiger partial charge in [0.15, 0.2) is 12.2 Å². The molecule has 1 aliphatic rings. The second-order valence-electron chi connectivity index (χ2n) is 7.92. The van der Waals surface area contributed by atoms with Gasteiger partial charge in [0.25, 0.3) is 5.91 Å². The van der Waals surface area contributed by atoms with Gasteiger partial charge in [-0.05, 0) is 42.0 Å². The molecule has 4 amide bonds. The number of carbonyl (C=O) groups is 5. The van der Waals surface area contributed by atoms with Crippen molar-refractivity contribution in [2.45, 2.75) is 24.5 Å². The van der Waals surface area contributed by atoms with Crippen LogP contribution in [-0.4, -0.2) is 68.9 Å². The number of aliphatic carboxylic acids is 1. The largest absolute Gasteiger partial charge is 0.481 e. The lowest BCUT2D eigenvalue weighted by Gasteiger charge is -2.22. The van der Waals surface area contributed by atoms with Crippen molar-refractivity contribution in [2.24, 2.45) is 5.73 Å². The van der Waals surface area contributed by atoms with Crippen LogP contribution in [-0.2, 0) is 25.7 Å². The van der Waals surface area contributed by atoms with E-state index >= 15 is 0 Å². The summed E-state index contributed by atoms with van der Waals surface area (Å²) in [5, 5.41) is 14.6. The monoisotopic (exact) mass is 583 g/mol. The average molecular weight is 584 g/mol. The average Bonchev–Trinajstić information content (AvgIpc) is 3.15. The van der Waals surface area contributed by atoms with Crippen molar-refractivity contribution in [1.82, 2.24) is 19.8 Å². The summed E-state index contributed by atoms with van der Waals surface area (Å²) in [6.45, 7) is -0.960. The number of benzene rings is 2. The predicted molar refractivity (Wildman–Crippen MR) is 139 cm³/mol. The third kappa shape index (κ3) is 8.25. The van der Waals surface area contributed by atoms with Crippen molar-refractivity contribution in [3.63, 3.8) is 0 Å². The number of ether oxygens (including phenoxy) is 1. The molecule has 38 heavy (non-hydrogen) atoms. The molecule has 1 heterocycles. The van der Waals surface area contributed by atoms with Crippen molar-refractivity contribution in [1.29, 1.82) is 0 Å². The topological polar surface area (TPSA) is 171 Å². The quantitative estimate of drug-likeness (QED) is 0.228. The zero-order valence-electron chi connectivity index (χ0n) is 19.6. The summed E-state index contributed by atoms with van der Waals surface area (Å²) in [6.07, 6.45) is -0.612. The van der Waals surface area contributed by atoms with Gasteiger partial charge in [-0.1, -0.05) is 35.3 Å². The number of nitrogens with one attached hydrogen (secondary N) is 2. The maximum Gasteiger partial charge on any atom is 0.335 e. The number of nitrogens with zero attached hydrogens (tertiary/aromatic N) is 2. The van der Waals surface area contributed by atoms with Crippen molar-refractivity contribution >= 4 is 64.9 Å². The van der Waals surface area contributed by atoms with Gasteiger partial charge >= 0.3 is 18.0 Å². The van der Waals surface area contributed by atoms with Gasteiger partial charge < -0.3 is 26.2 Å². The molecule has 2 aromatic rings. The van der Waals surface area contributed by atoms with Crippen LogP contribution in [0.5, 0.6) is 0 Å². The number of rotatable bonds is 11. The summed E-state index contributed by atoms with van der Waals surface area (Å²) in [7, 11) is 0. The van der Waals surface area contributed by atoms with Crippen LogP contribution >= 0.6 is 35.1 Å². The molecule has 0 aromatic heterocycles. The molecule has 1 saturated heterocycles. The predicted octanol–water partition coefficient (Wildman–Crippen LogP) is 2.01. The highest BCUT2D eigenvalue weighted by Crippen LogP contribution is 2.31. The van der Waals surface area contributed by atoms with Gasteiger partial charge in [-0.15, -0.1) is 0 Å². The second-order valence-corrected chi connectivity index (χ2v) is 9.89. The number of hydrogen-bond acceptors (Lipinski definition) is 8. The zero-order valence-corrected chi connectivity index (χ0v) is 22.0. The normalized spacial score (nSPS) is 15.7. The van der Waals surface area contributed by atoms with E-state index in [2.05, 4.69) is 10.6 Å². The van der Waals surface area contributed by atoms with Gasteiger partial charge in [-0.2, -0.15) is 0 Å². The first kappa shape index (κ1) is 29.0. The summed E-state index contributed by atoms with van der Waals surface area (Å²) in [5.74, 6) is -3.51. The molecule has 0 bridgehead atoms. The minimum Gasteiger partial charge on any atom is -0.481 e. The molecule has 0 radical (unpaired) electrons. The second kappa shape index (κ2) is 13.3. The Morgan fingerprint density at radius 3 is 2.26 bits per heavy atom. The molecule has 15 heteroatoms. The molecule has 1 unspecified atom stereocenters. The van der Waals surface area contributed by atoms with Crippen LogP contribution in [0.1, 0.15) is 22.3 Å². The number of amides is 4. The lowest BCUT2D eigenvalue weighted by molar-refractivity contribution is -0.147. The van der Waals surface area contributed by atoms with Crippen molar-refractivity contribution in [2.75, 3.05) is 13.3 Å². The van der Waals surface area contributed by atoms with Crippen LogP contribution in [0, 0.1) is 0 Å². The highest BCUT2D eigenvalue weighted by molar-refractivity contribution is 7.98. The van der Waals surface area contributed by atoms with Crippen LogP contribution in [0.4, 0.5) is 4.79 Å². The summed E-state index contributed by atoms with van der Waals surface area (Å²) in [4.78, 5) is 61.7. The summed E-state index contributed by atoms with van der Waals surface area (Å²) >= 11 is 12.8. The Bertz CT molecular complexity index is 1200. The highest BCUT2D eigenvalue weighted by atomic mass is 35.5. The van der Waals surface area contributed by atoms with Gasteiger partial charge in [0, 0.05) is 27.6 Å². The maximum atomic E-state index is 13.1. The van der Waals surface area contributed by atoms with Gasteiger partial charge in [0.05, 0.1) is 19.0 Å². The molecular weight excluding hydrogens is 561 g/mol. The van der Waals surface area contributed by atoms with E-state index in [9.17, 15) is 24.0 Å². The SMILES string of the molecule is N[C@@H](CC(=O)O)C(=O)NCC(=O)OCN1C(=O)N(Cc2ccc(Cl)cc2)SC1NC(=O)c1ccc(Cl)cc1. The molecule has 0 saturated carbocycles. The third-order valence-electron chi connectivity index (χ3n) is 5.07. The number of carboxylic acid groups (broad SMARTS) is 1. The van der Waals surface area contributed by atoms with E-state index in [4.69, 9.17) is 38.8 Å². The Morgan fingerprint density at radius 1 is 1.05 bits per heavy atom. The minimum atomic E-state index is -1.34. The number of nitrogens with two attached hydrogens (primary N) is 1. The Hall–Kier alpha value is -3.52. The Kier molecular flexibility index (Phi) is 10.2. The lowest BCUT2D eigenvalue weighted by Crippen LogP contribution is -2.47. The van der Waals surface area contributed by atoms with E-state index in [0.29, 0.717) is 15.6 Å². The first-order valence-corrected chi connectivity index (χ1v) is 12.6. The number of hydrogen-bond donors (Lipinski definition) is 4. The van der Waals surface area contributed by atoms with E-state index in [-0.39, 0.29) is 6.54 Å². The molecule has 2 atom stereocenters. The smallest absolute Gasteiger partial charge is 0.335 e. The minimum absolute atomic E-state index is 0.177. The molecule has 3 rings (SSSR count). The fourth-order valence-electron chi connectivity index (χ4n) is 3.11. The Balaban J connectivity index is 1.64. The van der Waals surface area contributed by atoms with Crippen molar-refractivity contribution in [3.8, 4) is 0 Å². The summed E-state index contributed by atoms with van der Waals surface area (Å²) in [6, 6.07) is 11.1. The molecule has 0 spiro atoms. The summed E-state index contributed by atoms with van der Waals surface area (Å²) in [5.41, 5.74) is 5.59. The molecule has 2 aromatic carbocycles. The lowest BCUT2D eigenvalue weighted by atomic mass is 10.2. The number of esters is 1. The fraction of sp³-hybridized carbons (Fsp3) is 0.261. The van der Waals surface area contributed by atoms with Crippen LogP contribution in [0.3, 0.4) is 0 Å². The molecule has 0 aliphatic carbocycles. The van der Waals surface area contributed by atoms with Crippen molar-refractivity contribution in [3.05, 3.63) is 69.7 Å². The number of urea groups is 1. The molecule has 1 fully saturated rings. The molecule has 5 N–H and O–H groups in total. The van der Waals surface area contributed by atoms with Crippen LogP contribution in [0.2, 0.25) is 10.0 Å². The molecule has 1 aliphatic heterocycles. The standard InChI is InChI=1S/C23H23Cl2N5O7S/c24-15-5-1-13(2-6-15)11-30-23(36)29(12-37-19(33)10-27-21(35)17(26)9-18(31)32)22(38-30)28-20(34)14-3-7-16(25)8-4-14/h1-8,17,22H,9-12,26H2,(H,27,35)(H,28,34)(H,31,32)/t17-,22?/m0/s1. The first-order valence-electron chi connectivity index (χ1n) is 11.0. The van der Waals surface area contributed by atoms with Crippen LogP contribution < -0.4 is 16.4 Å². The molecule has 202 valence electrons. The number of carboxylic acids is 1. The number of halogens is 2. The Morgan fingerprint density at radius 2 is 1.66 bits per heavy atom. The van der Waals surface area contributed by atoms with Gasteiger partial charge in [0.2, 0.25) is 5.91 Å². The summed E-state index contributed by atoms with van der Waals surface area (Å²) < 4.78 is 6.51. The Labute approximate surface area is 231 Å². The fourth-order valence-corrected chi connectivity index (χ4v) is 4.45. The van der Waals surface area contributed by atoms with Crippen LogP contribution in [0.25, 0.3) is 0 Å². The van der Waals surface area contributed by atoms with E-state index in [1.165, 1.54) is 16.4 Å². The molecule has 12 nitrogen and oxygen atoms in total. The molecular formula is C23H23Cl2N5O7S. The van der Waals surface area contributed by atoms with Crippen LogP contribution in [0.15, 0.2) is 48.5 Å². The first-order chi connectivity index (χ1) is 18.0. The highest BCUT2D eigenvalue weighted by Gasteiger charge is 2.40.